The fraction of sp³-hybridized carbons (Fsp3) is 0.136. The summed E-state index contributed by atoms with van der Waals surface area (Å²) >= 11 is 0. The third-order valence-electron chi connectivity index (χ3n) is 4.68. The Morgan fingerprint density at radius 3 is 1.67 bits per heavy atom. The van der Waals surface area contributed by atoms with Crippen LogP contribution in [0.2, 0.25) is 13.1 Å². The van der Waals surface area contributed by atoms with Gasteiger partial charge in [0.25, 0.3) is 0 Å². The average Bonchev–Trinajstić information content (AvgIpc) is 2.62. The highest BCUT2D eigenvalue weighted by Gasteiger charge is 2.25. The number of carbonyl (C=O) groups excluding carboxylic acids is 1. The molecule has 0 atom stereocenters. The van der Waals surface area contributed by atoms with Gasteiger partial charge in [0.1, 0.15) is 8.07 Å². The molecule has 0 amide bonds. The van der Waals surface area contributed by atoms with Crippen LogP contribution >= 0.6 is 0 Å². The third kappa shape index (κ3) is 3.24. The molecule has 0 aliphatic heterocycles. The van der Waals surface area contributed by atoms with E-state index in [1.165, 1.54) is 15.9 Å². The van der Waals surface area contributed by atoms with E-state index in [9.17, 15) is 4.79 Å². The molecule has 0 saturated carbocycles. The summed E-state index contributed by atoms with van der Waals surface area (Å²) in [6, 6.07) is 26.5. The monoisotopic (exact) mass is 330 g/mol. The summed E-state index contributed by atoms with van der Waals surface area (Å²) in [6.45, 7) is 6.82. The largest absolute Gasteiger partial charge is 0.289 e. The molecule has 2 heteroatoms. The molecule has 0 unspecified atom stereocenters. The molecule has 120 valence electrons. The number of rotatable bonds is 4. The highest BCUT2D eigenvalue weighted by atomic mass is 28.3. The zero-order chi connectivity index (χ0) is 17.2. The normalized spacial score (nSPS) is 11.3. The molecule has 0 heterocycles. The Morgan fingerprint density at radius 2 is 1.12 bits per heavy atom. The first-order valence-electron chi connectivity index (χ1n) is 8.26. The van der Waals surface area contributed by atoms with Gasteiger partial charge in [-0.05, 0) is 6.92 Å². The van der Waals surface area contributed by atoms with Crippen molar-refractivity contribution >= 4 is 24.2 Å². The van der Waals surface area contributed by atoms with Gasteiger partial charge in [-0.15, -0.1) is 0 Å². The number of carbonyl (C=O) groups is 1. The van der Waals surface area contributed by atoms with E-state index in [-0.39, 0.29) is 5.78 Å². The molecule has 0 saturated heterocycles. The molecule has 0 fully saturated rings. The molecule has 1 nitrogen and oxygen atoms in total. The van der Waals surface area contributed by atoms with Crippen LogP contribution in [0.25, 0.3) is 0 Å². The van der Waals surface area contributed by atoms with Crippen LogP contribution in [0.1, 0.15) is 21.5 Å². The van der Waals surface area contributed by atoms with Crippen molar-refractivity contribution in [1.29, 1.82) is 0 Å². The van der Waals surface area contributed by atoms with Crippen molar-refractivity contribution in [2.45, 2.75) is 20.0 Å². The first-order valence-corrected chi connectivity index (χ1v) is 11.3. The Hall–Kier alpha value is -2.45. The van der Waals surface area contributed by atoms with E-state index < -0.39 is 8.07 Å². The van der Waals surface area contributed by atoms with Crippen LogP contribution in [-0.2, 0) is 0 Å². The Morgan fingerprint density at radius 1 is 0.667 bits per heavy atom. The van der Waals surface area contributed by atoms with Crippen LogP contribution in [0, 0.1) is 6.92 Å². The summed E-state index contributed by atoms with van der Waals surface area (Å²) in [6.07, 6.45) is 0. The van der Waals surface area contributed by atoms with Gasteiger partial charge in [-0.1, -0.05) is 108 Å². The lowest BCUT2D eigenvalue weighted by molar-refractivity contribution is 0.103. The summed E-state index contributed by atoms with van der Waals surface area (Å²) in [5.41, 5.74) is 2.77. The van der Waals surface area contributed by atoms with E-state index in [0.717, 1.165) is 11.1 Å². The van der Waals surface area contributed by atoms with Crippen molar-refractivity contribution in [3.63, 3.8) is 0 Å². The maximum Gasteiger partial charge on any atom is 0.193 e. The zero-order valence-electron chi connectivity index (χ0n) is 14.4. The lowest BCUT2D eigenvalue weighted by Crippen LogP contribution is -2.52. The van der Waals surface area contributed by atoms with Crippen LogP contribution in [0.15, 0.2) is 78.9 Å². The maximum atomic E-state index is 12.5. The average molecular weight is 331 g/mol. The van der Waals surface area contributed by atoms with Gasteiger partial charge in [-0.2, -0.15) is 0 Å². The van der Waals surface area contributed by atoms with Crippen molar-refractivity contribution in [2.75, 3.05) is 0 Å². The minimum absolute atomic E-state index is 0.0805. The molecule has 0 aromatic heterocycles. The smallest absolute Gasteiger partial charge is 0.193 e. The molecule has 24 heavy (non-hydrogen) atoms. The first kappa shape index (κ1) is 16.4. The second-order valence-corrected chi connectivity index (χ2v) is 11.2. The van der Waals surface area contributed by atoms with Crippen molar-refractivity contribution in [3.05, 3.63) is 95.6 Å². The third-order valence-corrected chi connectivity index (χ3v) is 8.23. The summed E-state index contributed by atoms with van der Waals surface area (Å²) in [7, 11) is -1.73. The zero-order valence-corrected chi connectivity index (χ0v) is 15.4. The molecular weight excluding hydrogens is 308 g/mol. The van der Waals surface area contributed by atoms with Gasteiger partial charge in [0.05, 0.1) is 0 Å². The molecule has 0 aliphatic rings. The Bertz CT molecular complexity index is 831. The molecule has 3 aromatic carbocycles. The van der Waals surface area contributed by atoms with Gasteiger partial charge < -0.3 is 0 Å². The molecule has 3 rings (SSSR count). The molecular formula is C22H22OSi. The van der Waals surface area contributed by atoms with E-state index in [0.29, 0.717) is 0 Å². The Labute approximate surface area is 145 Å². The van der Waals surface area contributed by atoms with Gasteiger partial charge >= 0.3 is 0 Å². The van der Waals surface area contributed by atoms with Gasteiger partial charge in [-0.25, -0.2) is 0 Å². The van der Waals surface area contributed by atoms with Crippen LogP contribution in [0.5, 0.6) is 0 Å². The SMILES string of the molecule is Cc1ccc([Si](C)(C)c2ccc(C(=O)c3ccccc3)cc2)cc1. The molecule has 0 bridgehead atoms. The predicted octanol–water partition coefficient (Wildman–Crippen LogP) is 4.05. The number of hydrogen-bond acceptors (Lipinski definition) is 1. The molecule has 3 aromatic rings. The van der Waals surface area contributed by atoms with Crippen molar-refractivity contribution < 1.29 is 4.79 Å². The van der Waals surface area contributed by atoms with E-state index in [4.69, 9.17) is 0 Å². The second-order valence-electron chi connectivity index (χ2n) is 6.76. The number of aryl methyl sites for hydroxylation is 1. The van der Waals surface area contributed by atoms with Gasteiger partial charge in [-0.3, -0.25) is 4.79 Å². The summed E-state index contributed by atoms with van der Waals surface area (Å²) in [5.74, 6) is 0.0805. The lowest BCUT2D eigenvalue weighted by Gasteiger charge is -2.24. The van der Waals surface area contributed by atoms with E-state index in [1.807, 2.05) is 42.5 Å². The summed E-state index contributed by atoms with van der Waals surface area (Å²) in [4.78, 5) is 12.5. The standard InChI is InChI=1S/C22H22OSi/c1-17-9-13-20(14-10-17)24(2,3)21-15-11-19(12-16-21)22(23)18-7-5-4-6-8-18/h4-16H,1-3H3. The summed E-state index contributed by atoms with van der Waals surface area (Å²) in [5, 5.41) is 2.76. The van der Waals surface area contributed by atoms with Gasteiger partial charge in [0, 0.05) is 11.1 Å². The first-order chi connectivity index (χ1) is 11.5. The fourth-order valence-corrected chi connectivity index (χ4v) is 5.26. The maximum absolute atomic E-state index is 12.5. The lowest BCUT2D eigenvalue weighted by atomic mass is 10.0. The molecule has 0 aliphatic carbocycles. The molecule has 0 N–H and O–H groups in total. The van der Waals surface area contributed by atoms with Crippen molar-refractivity contribution in [2.24, 2.45) is 0 Å². The highest BCUT2D eigenvalue weighted by Crippen LogP contribution is 2.11. The van der Waals surface area contributed by atoms with Crippen LogP contribution < -0.4 is 10.4 Å². The number of hydrogen-bond donors (Lipinski definition) is 0. The van der Waals surface area contributed by atoms with Crippen molar-refractivity contribution in [3.8, 4) is 0 Å². The molecule has 0 spiro atoms. The van der Waals surface area contributed by atoms with Gasteiger partial charge in [0.2, 0.25) is 0 Å². The quantitative estimate of drug-likeness (QED) is 0.521. The van der Waals surface area contributed by atoms with Crippen LogP contribution in [-0.4, -0.2) is 13.9 Å². The second kappa shape index (κ2) is 6.58. The van der Waals surface area contributed by atoms with Crippen LogP contribution in [0.4, 0.5) is 0 Å². The van der Waals surface area contributed by atoms with Crippen LogP contribution in [0.3, 0.4) is 0 Å². The van der Waals surface area contributed by atoms with E-state index in [1.54, 1.807) is 0 Å². The fourth-order valence-electron chi connectivity index (χ4n) is 2.93. The minimum Gasteiger partial charge on any atom is -0.289 e. The molecule has 0 radical (unpaired) electrons. The topological polar surface area (TPSA) is 17.1 Å². The van der Waals surface area contributed by atoms with Gasteiger partial charge in [0.15, 0.2) is 5.78 Å². The van der Waals surface area contributed by atoms with Crippen molar-refractivity contribution in [1.82, 2.24) is 0 Å². The summed E-state index contributed by atoms with van der Waals surface area (Å²) < 4.78 is 0. The minimum atomic E-state index is -1.73. The predicted molar refractivity (Wildman–Crippen MR) is 104 cm³/mol. The van der Waals surface area contributed by atoms with E-state index in [2.05, 4.69) is 56.4 Å². The Balaban J connectivity index is 1.89. The number of benzene rings is 3. The Kier molecular flexibility index (Phi) is 4.50. The number of ketones is 1. The van der Waals surface area contributed by atoms with E-state index >= 15 is 0 Å². The highest BCUT2D eigenvalue weighted by molar-refractivity contribution is 7.00.